The van der Waals surface area contributed by atoms with E-state index in [4.69, 9.17) is 0 Å². The maximum absolute atomic E-state index is 9.20. The van der Waals surface area contributed by atoms with E-state index < -0.39 is 0 Å². The monoisotopic (exact) mass is 295 g/mol. The summed E-state index contributed by atoms with van der Waals surface area (Å²) in [6.07, 6.45) is 1.73. The van der Waals surface area contributed by atoms with Gasteiger partial charge in [-0.3, -0.25) is 0 Å². The Balaban J connectivity index is 1.79. The number of anilines is 1. The van der Waals surface area contributed by atoms with Crippen LogP contribution in [0.2, 0.25) is 0 Å². The number of aromatic nitrogens is 4. The van der Waals surface area contributed by atoms with E-state index in [9.17, 15) is 5.11 Å². The molecule has 0 saturated heterocycles. The lowest BCUT2D eigenvalue weighted by Gasteiger charge is -2.07. The molecule has 0 radical (unpaired) electrons. The Bertz CT molecular complexity index is 754. The van der Waals surface area contributed by atoms with Gasteiger partial charge in [-0.05, 0) is 17.7 Å². The van der Waals surface area contributed by atoms with Crippen LogP contribution >= 0.6 is 0 Å². The Morgan fingerprint density at radius 3 is 2.68 bits per heavy atom. The van der Waals surface area contributed by atoms with Gasteiger partial charge >= 0.3 is 0 Å². The Morgan fingerprint density at radius 1 is 1.14 bits per heavy atom. The zero-order valence-electron chi connectivity index (χ0n) is 12.3. The highest BCUT2D eigenvalue weighted by Gasteiger charge is 2.10. The van der Waals surface area contributed by atoms with Crippen molar-refractivity contribution in [3.63, 3.8) is 0 Å². The Labute approximate surface area is 128 Å². The van der Waals surface area contributed by atoms with Gasteiger partial charge in [0.05, 0.1) is 0 Å². The lowest BCUT2D eigenvalue weighted by molar-refractivity contribution is 0.267. The zero-order chi connectivity index (χ0) is 15.4. The summed E-state index contributed by atoms with van der Waals surface area (Å²) in [6, 6.07) is 13.9. The standard InChI is InChI=1S/C16H17N5O/c1-21-15(11-22)19-20-16(21)13-7-8-17-14(9-13)18-10-12-5-3-2-4-6-12/h2-9,22H,10-11H2,1H3,(H,17,18). The van der Waals surface area contributed by atoms with Crippen molar-refractivity contribution in [3.8, 4) is 11.4 Å². The summed E-state index contributed by atoms with van der Waals surface area (Å²) in [6.45, 7) is 0.575. The number of pyridine rings is 1. The second-order valence-electron chi connectivity index (χ2n) is 4.93. The fraction of sp³-hybridized carbons (Fsp3) is 0.188. The second kappa shape index (κ2) is 6.36. The van der Waals surface area contributed by atoms with Crippen LogP contribution in [-0.4, -0.2) is 24.9 Å². The first-order chi connectivity index (χ1) is 10.8. The largest absolute Gasteiger partial charge is 0.388 e. The van der Waals surface area contributed by atoms with Gasteiger partial charge in [0.2, 0.25) is 0 Å². The van der Waals surface area contributed by atoms with E-state index in [0.29, 0.717) is 18.2 Å². The molecular formula is C16H17N5O. The SMILES string of the molecule is Cn1c(CO)nnc1-c1ccnc(NCc2ccccc2)c1. The summed E-state index contributed by atoms with van der Waals surface area (Å²) >= 11 is 0. The molecule has 22 heavy (non-hydrogen) atoms. The van der Waals surface area contributed by atoms with Crippen LogP contribution in [0.5, 0.6) is 0 Å². The van der Waals surface area contributed by atoms with Crippen LogP contribution in [-0.2, 0) is 20.2 Å². The average molecular weight is 295 g/mol. The van der Waals surface area contributed by atoms with Crippen molar-refractivity contribution >= 4 is 5.82 Å². The van der Waals surface area contributed by atoms with Gasteiger partial charge in [0.25, 0.3) is 0 Å². The Morgan fingerprint density at radius 2 is 1.95 bits per heavy atom. The third-order valence-corrected chi connectivity index (χ3v) is 3.44. The number of rotatable bonds is 5. The van der Waals surface area contributed by atoms with Crippen LogP contribution in [0.15, 0.2) is 48.7 Å². The highest BCUT2D eigenvalue weighted by atomic mass is 16.3. The molecule has 0 aliphatic rings. The normalized spacial score (nSPS) is 10.6. The van der Waals surface area contributed by atoms with E-state index in [0.717, 1.165) is 11.4 Å². The molecule has 112 valence electrons. The molecule has 0 saturated carbocycles. The van der Waals surface area contributed by atoms with Crippen molar-refractivity contribution in [3.05, 3.63) is 60.0 Å². The number of nitrogens with zero attached hydrogens (tertiary/aromatic N) is 4. The quantitative estimate of drug-likeness (QED) is 0.753. The summed E-state index contributed by atoms with van der Waals surface area (Å²) < 4.78 is 1.77. The van der Waals surface area contributed by atoms with Crippen molar-refractivity contribution in [1.82, 2.24) is 19.7 Å². The molecular weight excluding hydrogens is 278 g/mol. The van der Waals surface area contributed by atoms with E-state index in [1.165, 1.54) is 5.56 Å². The summed E-state index contributed by atoms with van der Waals surface area (Å²) in [5, 5.41) is 20.6. The molecule has 3 aromatic rings. The molecule has 0 unspecified atom stereocenters. The smallest absolute Gasteiger partial charge is 0.163 e. The third kappa shape index (κ3) is 2.96. The molecule has 0 bridgehead atoms. The average Bonchev–Trinajstić information content (AvgIpc) is 2.95. The number of aliphatic hydroxyl groups is 1. The topological polar surface area (TPSA) is 75.9 Å². The predicted molar refractivity (Wildman–Crippen MR) is 83.9 cm³/mol. The number of benzene rings is 1. The summed E-state index contributed by atoms with van der Waals surface area (Å²) in [5.74, 6) is 2.01. The fourth-order valence-corrected chi connectivity index (χ4v) is 2.21. The molecule has 3 rings (SSSR count). The first kappa shape index (κ1) is 14.2. The second-order valence-corrected chi connectivity index (χ2v) is 4.93. The molecule has 0 aliphatic heterocycles. The number of hydrogen-bond donors (Lipinski definition) is 2. The van der Waals surface area contributed by atoms with E-state index in [1.54, 1.807) is 10.8 Å². The van der Waals surface area contributed by atoms with Crippen molar-refractivity contribution in [2.24, 2.45) is 7.05 Å². The predicted octanol–water partition coefficient (Wildman–Crippen LogP) is 1.98. The Kier molecular flexibility index (Phi) is 4.11. The molecule has 2 N–H and O–H groups in total. The van der Waals surface area contributed by atoms with Crippen LogP contribution in [0.1, 0.15) is 11.4 Å². The molecule has 2 heterocycles. The van der Waals surface area contributed by atoms with Crippen molar-refractivity contribution < 1.29 is 5.11 Å². The first-order valence-electron chi connectivity index (χ1n) is 7.01. The van der Waals surface area contributed by atoms with Crippen molar-refractivity contribution in [2.45, 2.75) is 13.2 Å². The molecule has 6 heteroatoms. The molecule has 0 spiro atoms. The van der Waals surface area contributed by atoms with Crippen LogP contribution in [0.3, 0.4) is 0 Å². The van der Waals surface area contributed by atoms with Crippen molar-refractivity contribution in [1.29, 1.82) is 0 Å². The summed E-state index contributed by atoms with van der Waals surface area (Å²) in [5.41, 5.74) is 2.09. The minimum atomic E-state index is -0.131. The minimum Gasteiger partial charge on any atom is -0.388 e. The van der Waals surface area contributed by atoms with Gasteiger partial charge in [-0.2, -0.15) is 0 Å². The van der Waals surface area contributed by atoms with Crippen LogP contribution < -0.4 is 5.32 Å². The maximum atomic E-state index is 9.20. The van der Waals surface area contributed by atoms with Crippen molar-refractivity contribution in [2.75, 3.05) is 5.32 Å². The summed E-state index contributed by atoms with van der Waals surface area (Å²) in [7, 11) is 1.83. The lowest BCUT2D eigenvalue weighted by Crippen LogP contribution is -2.02. The van der Waals surface area contributed by atoms with Gasteiger partial charge in [-0.1, -0.05) is 30.3 Å². The van der Waals surface area contributed by atoms with Crippen LogP contribution in [0.4, 0.5) is 5.82 Å². The van der Waals surface area contributed by atoms with E-state index in [-0.39, 0.29) is 6.61 Å². The summed E-state index contributed by atoms with van der Waals surface area (Å²) in [4.78, 5) is 4.32. The zero-order valence-corrected chi connectivity index (χ0v) is 12.3. The molecule has 0 amide bonds. The van der Waals surface area contributed by atoms with Gasteiger partial charge in [0, 0.05) is 25.4 Å². The highest BCUT2D eigenvalue weighted by molar-refractivity contribution is 5.59. The van der Waals surface area contributed by atoms with E-state index in [1.807, 2.05) is 37.4 Å². The van der Waals surface area contributed by atoms with Crippen LogP contribution in [0.25, 0.3) is 11.4 Å². The van der Waals surface area contributed by atoms with Crippen LogP contribution in [0, 0.1) is 0 Å². The molecule has 0 aliphatic carbocycles. The number of hydrogen-bond acceptors (Lipinski definition) is 5. The molecule has 0 fully saturated rings. The van der Waals surface area contributed by atoms with Gasteiger partial charge in [0.15, 0.2) is 11.6 Å². The lowest BCUT2D eigenvalue weighted by atomic mass is 10.2. The third-order valence-electron chi connectivity index (χ3n) is 3.44. The molecule has 2 aromatic heterocycles. The molecule has 6 nitrogen and oxygen atoms in total. The highest BCUT2D eigenvalue weighted by Crippen LogP contribution is 2.19. The maximum Gasteiger partial charge on any atom is 0.163 e. The van der Waals surface area contributed by atoms with E-state index in [2.05, 4.69) is 32.6 Å². The fourth-order valence-electron chi connectivity index (χ4n) is 2.21. The van der Waals surface area contributed by atoms with E-state index >= 15 is 0 Å². The van der Waals surface area contributed by atoms with Gasteiger partial charge < -0.3 is 15.0 Å². The minimum absolute atomic E-state index is 0.131. The van der Waals surface area contributed by atoms with Gasteiger partial charge in [0.1, 0.15) is 12.4 Å². The van der Waals surface area contributed by atoms with Gasteiger partial charge in [-0.15, -0.1) is 10.2 Å². The first-order valence-corrected chi connectivity index (χ1v) is 7.01. The number of nitrogens with one attached hydrogen (secondary N) is 1. The molecule has 0 atom stereocenters. The number of aliphatic hydroxyl groups excluding tert-OH is 1. The van der Waals surface area contributed by atoms with Gasteiger partial charge in [-0.25, -0.2) is 4.98 Å². The molecule has 1 aromatic carbocycles. The Hall–Kier alpha value is -2.73.